The van der Waals surface area contributed by atoms with Crippen LogP contribution in [0.3, 0.4) is 0 Å². The third-order valence-electron chi connectivity index (χ3n) is 1.13. The number of phenols is 1. The molecule has 0 amide bonds. The molecule has 0 aliphatic rings. The maximum absolute atomic E-state index is 10.3. The van der Waals surface area contributed by atoms with Crippen molar-refractivity contribution in [2.75, 3.05) is 0 Å². The van der Waals surface area contributed by atoms with Gasteiger partial charge in [0, 0.05) is 0 Å². The maximum Gasteiger partial charge on any atom is 1.00 e. The molecule has 76 valence electrons. The van der Waals surface area contributed by atoms with Gasteiger partial charge in [-0.2, -0.15) is 0 Å². The maximum atomic E-state index is 10.3. The SMILES string of the molecule is O.O.O=S(=O)([O-])c1ccc(O)cc1.[Na+]. The van der Waals surface area contributed by atoms with Crippen LogP contribution in [0.2, 0.25) is 0 Å². The molecular weight excluding hydrogens is 223 g/mol. The third-order valence-corrected chi connectivity index (χ3v) is 1.97. The van der Waals surface area contributed by atoms with Crippen molar-refractivity contribution in [2.45, 2.75) is 4.90 Å². The summed E-state index contributed by atoms with van der Waals surface area (Å²) in [4.78, 5) is -0.338. The minimum absolute atomic E-state index is 0. The first-order chi connectivity index (χ1) is 5.00. The normalized spacial score (nSPS) is 8.93. The topological polar surface area (TPSA) is 140 Å². The Hall–Kier alpha value is -0.150. The van der Waals surface area contributed by atoms with Gasteiger partial charge < -0.3 is 20.6 Å². The molecule has 0 heterocycles. The Morgan fingerprint density at radius 2 is 1.43 bits per heavy atom. The van der Waals surface area contributed by atoms with Gasteiger partial charge in [-0.25, -0.2) is 8.42 Å². The fraction of sp³-hybridized carbons (Fsp3) is 0. The average molecular weight is 232 g/mol. The predicted molar refractivity (Wildman–Crippen MR) is 43.3 cm³/mol. The summed E-state index contributed by atoms with van der Waals surface area (Å²) in [6.07, 6.45) is 0. The Balaban J connectivity index is -0.000000403. The van der Waals surface area contributed by atoms with Gasteiger partial charge in [0.15, 0.2) is 0 Å². The van der Waals surface area contributed by atoms with E-state index >= 15 is 0 Å². The number of aromatic hydroxyl groups is 1. The molecule has 6 nitrogen and oxygen atoms in total. The van der Waals surface area contributed by atoms with Crippen molar-refractivity contribution in [3.05, 3.63) is 24.3 Å². The van der Waals surface area contributed by atoms with Gasteiger partial charge in [-0.3, -0.25) is 0 Å². The average Bonchev–Trinajstić information content (AvgIpc) is 1.86. The standard InChI is InChI=1S/C6H6O4S.Na.2H2O/c7-5-1-3-6(4-2-5)11(8,9)10;;;/h1-4,7H,(H,8,9,10);;2*1H2/q;+1;;/p-1. The fourth-order valence-corrected chi connectivity index (χ4v) is 1.08. The van der Waals surface area contributed by atoms with Crippen LogP contribution in [0.1, 0.15) is 0 Å². The smallest absolute Gasteiger partial charge is 0.744 e. The molecule has 0 saturated heterocycles. The Labute approximate surface area is 103 Å². The van der Waals surface area contributed by atoms with Gasteiger partial charge in [-0.1, -0.05) is 0 Å². The van der Waals surface area contributed by atoms with Crippen molar-refractivity contribution in [3.8, 4) is 5.75 Å². The van der Waals surface area contributed by atoms with E-state index < -0.39 is 10.1 Å². The molecule has 0 unspecified atom stereocenters. The molecule has 14 heavy (non-hydrogen) atoms. The first-order valence-corrected chi connectivity index (χ1v) is 4.16. The van der Waals surface area contributed by atoms with Gasteiger partial charge in [-0.05, 0) is 24.3 Å². The summed E-state index contributed by atoms with van der Waals surface area (Å²) in [5, 5.41) is 8.73. The van der Waals surface area contributed by atoms with E-state index in [0.29, 0.717) is 0 Å². The molecule has 0 aliphatic heterocycles. The quantitative estimate of drug-likeness (QED) is 0.385. The van der Waals surface area contributed by atoms with Crippen LogP contribution < -0.4 is 29.6 Å². The number of phenolic OH excluding ortho intramolecular Hbond substituents is 1. The molecule has 0 spiro atoms. The first kappa shape index (κ1) is 19.4. The van der Waals surface area contributed by atoms with Crippen LogP contribution in [-0.4, -0.2) is 29.0 Å². The minimum Gasteiger partial charge on any atom is -0.744 e. The van der Waals surface area contributed by atoms with Crippen LogP contribution >= 0.6 is 0 Å². The molecule has 0 fully saturated rings. The van der Waals surface area contributed by atoms with Crippen LogP contribution in [0.5, 0.6) is 5.75 Å². The number of rotatable bonds is 1. The second-order valence-electron chi connectivity index (χ2n) is 1.95. The number of hydrogen-bond donors (Lipinski definition) is 1. The van der Waals surface area contributed by atoms with Gasteiger partial charge in [0.1, 0.15) is 15.9 Å². The molecule has 0 radical (unpaired) electrons. The van der Waals surface area contributed by atoms with Gasteiger partial charge in [0.05, 0.1) is 4.90 Å². The predicted octanol–water partition coefficient (Wildman–Crippen LogP) is -4.35. The van der Waals surface area contributed by atoms with Crippen LogP contribution in [0, 0.1) is 0 Å². The molecule has 0 aliphatic carbocycles. The Morgan fingerprint density at radius 1 is 1.07 bits per heavy atom. The molecule has 1 rings (SSSR count). The zero-order valence-electron chi connectivity index (χ0n) is 7.39. The van der Waals surface area contributed by atoms with E-state index in [9.17, 15) is 13.0 Å². The molecule has 1 aromatic rings. The van der Waals surface area contributed by atoms with Crippen molar-refractivity contribution < 1.29 is 58.6 Å². The van der Waals surface area contributed by atoms with E-state index in [4.69, 9.17) is 5.11 Å². The van der Waals surface area contributed by atoms with Gasteiger partial charge in [0.25, 0.3) is 0 Å². The zero-order valence-corrected chi connectivity index (χ0v) is 10.2. The number of hydrogen-bond acceptors (Lipinski definition) is 4. The number of benzene rings is 1. The van der Waals surface area contributed by atoms with Crippen molar-refractivity contribution in [2.24, 2.45) is 0 Å². The van der Waals surface area contributed by atoms with Gasteiger partial charge in [0.2, 0.25) is 0 Å². The second-order valence-corrected chi connectivity index (χ2v) is 3.33. The Kier molecular flexibility index (Phi) is 9.97. The molecule has 0 aromatic heterocycles. The van der Waals surface area contributed by atoms with Gasteiger partial charge in [-0.15, -0.1) is 0 Å². The summed E-state index contributed by atoms with van der Waals surface area (Å²) in [6.45, 7) is 0. The van der Waals surface area contributed by atoms with Crippen molar-refractivity contribution in [3.63, 3.8) is 0 Å². The Bertz CT molecular complexity index is 345. The van der Waals surface area contributed by atoms with Crippen molar-refractivity contribution in [1.82, 2.24) is 0 Å². The van der Waals surface area contributed by atoms with Gasteiger partial charge >= 0.3 is 29.6 Å². The van der Waals surface area contributed by atoms with Crippen molar-refractivity contribution >= 4 is 10.1 Å². The summed E-state index contributed by atoms with van der Waals surface area (Å²) >= 11 is 0. The Morgan fingerprint density at radius 3 is 1.71 bits per heavy atom. The second kappa shape index (κ2) is 7.18. The largest absolute Gasteiger partial charge is 1.00 e. The van der Waals surface area contributed by atoms with E-state index in [-0.39, 0.29) is 51.2 Å². The molecule has 0 saturated carbocycles. The van der Waals surface area contributed by atoms with E-state index in [0.717, 1.165) is 24.3 Å². The molecule has 0 bridgehead atoms. The molecule has 8 heteroatoms. The summed E-state index contributed by atoms with van der Waals surface area (Å²) < 4.78 is 30.9. The summed E-state index contributed by atoms with van der Waals surface area (Å²) in [6, 6.07) is 4.39. The van der Waals surface area contributed by atoms with Crippen LogP contribution in [-0.2, 0) is 10.1 Å². The third kappa shape index (κ3) is 5.55. The monoisotopic (exact) mass is 232 g/mol. The fourth-order valence-electron chi connectivity index (χ4n) is 0.613. The molecule has 1 aromatic carbocycles. The van der Waals surface area contributed by atoms with E-state index in [1.807, 2.05) is 0 Å². The van der Waals surface area contributed by atoms with E-state index in [1.165, 1.54) is 0 Å². The minimum atomic E-state index is -4.38. The van der Waals surface area contributed by atoms with E-state index in [2.05, 4.69) is 0 Å². The molecule has 0 atom stereocenters. The van der Waals surface area contributed by atoms with Crippen LogP contribution in [0.4, 0.5) is 0 Å². The van der Waals surface area contributed by atoms with Crippen LogP contribution in [0.25, 0.3) is 0 Å². The zero-order chi connectivity index (χ0) is 8.48. The molecule has 5 N–H and O–H groups in total. The van der Waals surface area contributed by atoms with E-state index in [1.54, 1.807) is 0 Å². The first-order valence-electron chi connectivity index (χ1n) is 2.75. The summed E-state index contributed by atoms with van der Waals surface area (Å²) in [5.74, 6) is -0.0719. The summed E-state index contributed by atoms with van der Waals surface area (Å²) in [7, 11) is -4.38. The summed E-state index contributed by atoms with van der Waals surface area (Å²) in [5.41, 5.74) is 0. The molecular formula is C6H9NaO6S. The van der Waals surface area contributed by atoms with Crippen LogP contribution in [0.15, 0.2) is 29.2 Å². The van der Waals surface area contributed by atoms with Crippen molar-refractivity contribution in [1.29, 1.82) is 0 Å².